The van der Waals surface area contributed by atoms with Crippen molar-refractivity contribution in [1.82, 2.24) is 20.3 Å². The van der Waals surface area contributed by atoms with Gasteiger partial charge in [-0.3, -0.25) is 14.6 Å². The second kappa shape index (κ2) is 7.87. The first-order valence-corrected chi connectivity index (χ1v) is 7.70. The molecule has 7 heteroatoms. The lowest BCUT2D eigenvalue weighted by Gasteiger charge is -2.07. The normalized spacial score (nSPS) is 10.2. The van der Waals surface area contributed by atoms with E-state index in [1.165, 1.54) is 6.20 Å². The number of rotatable bonds is 6. The molecule has 2 heterocycles. The van der Waals surface area contributed by atoms with Crippen molar-refractivity contribution in [2.45, 2.75) is 0 Å². The van der Waals surface area contributed by atoms with E-state index in [0.29, 0.717) is 12.4 Å². The summed E-state index contributed by atoms with van der Waals surface area (Å²) < 4.78 is 5.48. The number of benzene rings is 1. The van der Waals surface area contributed by atoms with Gasteiger partial charge < -0.3 is 15.0 Å². The van der Waals surface area contributed by atoms with Crippen LogP contribution >= 0.6 is 0 Å². The molecule has 0 unspecified atom stereocenters. The van der Waals surface area contributed by atoms with Gasteiger partial charge in [-0.25, -0.2) is 4.98 Å². The predicted octanol–water partition coefficient (Wildman–Crippen LogP) is 1.64. The van der Waals surface area contributed by atoms with Gasteiger partial charge in [0.1, 0.15) is 23.7 Å². The van der Waals surface area contributed by atoms with Gasteiger partial charge in [-0.2, -0.15) is 0 Å². The van der Waals surface area contributed by atoms with Crippen molar-refractivity contribution in [3.63, 3.8) is 0 Å². The molecular formula is C18H16N4O3. The number of pyridine rings is 1. The first kappa shape index (κ1) is 16.4. The number of nitrogens with one attached hydrogen (secondary N) is 2. The largest absolute Gasteiger partial charge is 0.492 e. The van der Waals surface area contributed by atoms with E-state index in [9.17, 15) is 9.59 Å². The number of ether oxygens (including phenoxy) is 1. The zero-order chi connectivity index (χ0) is 17.5. The van der Waals surface area contributed by atoms with Crippen LogP contribution in [0.15, 0.2) is 65.8 Å². The summed E-state index contributed by atoms with van der Waals surface area (Å²) in [6.07, 6.45) is 4.47. The first-order chi connectivity index (χ1) is 12.2. The first-order valence-electron chi connectivity index (χ1n) is 7.70. The number of aromatic amines is 1. The fraction of sp³-hybridized carbons (Fsp3) is 0.111. The lowest BCUT2D eigenvalue weighted by atomic mass is 10.2. The molecule has 0 aliphatic heterocycles. The van der Waals surface area contributed by atoms with Crippen LogP contribution in [0.25, 0.3) is 11.4 Å². The molecule has 3 aromatic rings. The Morgan fingerprint density at radius 3 is 2.60 bits per heavy atom. The Labute approximate surface area is 143 Å². The van der Waals surface area contributed by atoms with Crippen LogP contribution in [-0.4, -0.2) is 34.0 Å². The van der Waals surface area contributed by atoms with Gasteiger partial charge >= 0.3 is 0 Å². The Kier molecular flexibility index (Phi) is 5.16. The lowest BCUT2D eigenvalue weighted by molar-refractivity contribution is 0.0945. The Hall–Kier alpha value is -3.48. The third kappa shape index (κ3) is 4.29. The second-order valence-electron chi connectivity index (χ2n) is 5.13. The summed E-state index contributed by atoms with van der Waals surface area (Å²) in [4.78, 5) is 34.8. The summed E-state index contributed by atoms with van der Waals surface area (Å²) in [5.74, 6) is 0.612. The number of hydrogen-bond donors (Lipinski definition) is 2. The molecule has 1 amide bonds. The summed E-state index contributed by atoms with van der Waals surface area (Å²) in [5.41, 5.74) is 0.177. The van der Waals surface area contributed by atoms with Gasteiger partial charge in [-0.1, -0.05) is 18.2 Å². The van der Waals surface area contributed by atoms with Crippen molar-refractivity contribution in [2.24, 2.45) is 0 Å². The lowest BCUT2D eigenvalue weighted by Crippen LogP contribution is -2.32. The molecule has 0 bridgehead atoms. The van der Waals surface area contributed by atoms with Gasteiger partial charge in [0.25, 0.3) is 11.5 Å². The molecule has 0 fully saturated rings. The molecule has 0 spiro atoms. The molecule has 3 rings (SSSR count). The number of amides is 1. The molecule has 25 heavy (non-hydrogen) atoms. The van der Waals surface area contributed by atoms with Crippen LogP contribution in [0.3, 0.4) is 0 Å². The number of aromatic nitrogens is 3. The smallest absolute Gasteiger partial charge is 0.264 e. The Bertz CT molecular complexity index is 895. The standard InChI is InChI=1S/C18H16N4O3/c23-17(20-10-11-25-14-4-2-1-3-5-14)15-12-21-16(22-18(15)24)13-6-8-19-9-7-13/h1-9,12H,10-11H2,(H,20,23)(H,21,22,24). The summed E-state index contributed by atoms with van der Waals surface area (Å²) >= 11 is 0. The molecule has 0 aliphatic carbocycles. The molecule has 1 aromatic carbocycles. The van der Waals surface area contributed by atoms with Crippen molar-refractivity contribution in [1.29, 1.82) is 0 Å². The summed E-state index contributed by atoms with van der Waals surface area (Å²) in [5, 5.41) is 2.64. The third-order valence-corrected chi connectivity index (χ3v) is 3.40. The average molecular weight is 336 g/mol. The molecule has 0 atom stereocenters. The number of hydrogen-bond acceptors (Lipinski definition) is 5. The number of para-hydroxylation sites is 1. The molecule has 0 saturated carbocycles. The van der Waals surface area contributed by atoms with E-state index in [0.717, 1.165) is 11.3 Å². The van der Waals surface area contributed by atoms with Gasteiger partial charge in [-0.15, -0.1) is 0 Å². The molecular weight excluding hydrogens is 320 g/mol. The predicted molar refractivity (Wildman–Crippen MR) is 92.4 cm³/mol. The van der Waals surface area contributed by atoms with E-state index in [1.54, 1.807) is 24.5 Å². The molecule has 7 nitrogen and oxygen atoms in total. The van der Waals surface area contributed by atoms with Crippen molar-refractivity contribution >= 4 is 5.91 Å². The van der Waals surface area contributed by atoms with Gasteiger partial charge in [-0.05, 0) is 24.3 Å². The molecule has 2 aromatic heterocycles. The van der Waals surface area contributed by atoms with Gasteiger partial charge in [0.2, 0.25) is 0 Å². The van der Waals surface area contributed by atoms with Crippen LogP contribution in [0.2, 0.25) is 0 Å². The van der Waals surface area contributed by atoms with E-state index < -0.39 is 11.5 Å². The van der Waals surface area contributed by atoms with E-state index in [2.05, 4.69) is 20.3 Å². The summed E-state index contributed by atoms with van der Waals surface area (Å²) in [6.45, 7) is 0.579. The maximum Gasteiger partial charge on any atom is 0.264 e. The minimum atomic E-state index is -0.497. The SMILES string of the molecule is O=C(NCCOc1ccccc1)c1cnc(-c2ccncc2)[nH]c1=O. The van der Waals surface area contributed by atoms with Crippen molar-refractivity contribution in [3.05, 3.63) is 77.0 Å². The molecule has 0 radical (unpaired) electrons. The fourth-order valence-corrected chi connectivity index (χ4v) is 2.16. The quantitative estimate of drug-likeness (QED) is 0.667. The maximum absolute atomic E-state index is 12.1. The van der Waals surface area contributed by atoms with Crippen LogP contribution in [0.4, 0.5) is 0 Å². The van der Waals surface area contributed by atoms with Crippen molar-refractivity contribution in [2.75, 3.05) is 13.2 Å². The highest BCUT2D eigenvalue weighted by atomic mass is 16.5. The highest BCUT2D eigenvalue weighted by molar-refractivity contribution is 5.93. The number of carbonyl (C=O) groups is 1. The Morgan fingerprint density at radius 1 is 1.12 bits per heavy atom. The van der Waals surface area contributed by atoms with Crippen molar-refractivity contribution < 1.29 is 9.53 Å². The minimum Gasteiger partial charge on any atom is -0.492 e. The average Bonchev–Trinajstić information content (AvgIpc) is 2.66. The second-order valence-corrected chi connectivity index (χ2v) is 5.13. The summed E-state index contributed by atoms with van der Waals surface area (Å²) in [7, 11) is 0. The van der Waals surface area contributed by atoms with Gasteiger partial charge in [0.15, 0.2) is 0 Å². The Morgan fingerprint density at radius 2 is 1.88 bits per heavy atom. The molecule has 2 N–H and O–H groups in total. The highest BCUT2D eigenvalue weighted by Gasteiger charge is 2.12. The van der Waals surface area contributed by atoms with Crippen LogP contribution in [0.1, 0.15) is 10.4 Å². The van der Waals surface area contributed by atoms with Crippen LogP contribution in [0.5, 0.6) is 5.75 Å². The molecule has 126 valence electrons. The number of nitrogens with zero attached hydrogens (tertiary/aromatic N) is 2. The van der Waals surface area contributed by atoms with E-state index in [4.69, 9.17) is 4.74 Å². The number of carbonyl (C=O) groups excluding carboxylic acids is 1. The zero-order valence-corrected chi connectivity index (χ0v) is 13.3. The Balaban J connectivity index is 1.58. The fourth-order valence-electron chi connectivity index (χ4n) is 2.16. The molecule has 0 aliphatic rings. The monoisotopic (exact) mass is 336 g/mol. The van der Waals surface area contributed by atoms with Crippen LogP contribution < -0.4 is 15.6 Å². The van der Waals surface area contributed by atoms with Gasteiger partial charge in [0, 0.05) is 24.2 Å². The minimum absolute atomic E-state index is 0.0440. The van der Waals surface area contributed by atoms with Crippen LogP contribution in [0, 0.1) is 0 Å². The van der Waals surface area contributed by atoms with E-state index in [1.807, 2.05) is 30.3 Å². The zero-order valence-electron chi connectivity index (χ0n) is 13.3. The van der Waals surface area contributed by atoms with Gasteiger partial charge in [0.05, 0.1) is 6.54 Å². The van der Waals surface area contributed by atoms with E-state index >= 15 is 0 Å². The topological polar surface area (TPSA) is 97.0 Å². The van der Waals surface area contributed by atoms with E-state index in [-0.39, 0.29) is 12.1 Å². The molecule has 0 saturated heterocycles. The number of H-pyrrole nitrogens is 1. The third-order valence-electron chi connectivity index (χ3n) is 3.40. The van der Waals surface area contributed by atoms with Crippen LogP contribution in [-0.2, 0) is 0 Å². The van der Waals surface area contributed by atoms with Crippen molar-refractivity contribution in [3.8, 4) is 17.1 Å². The highest BCUT2D eigenvalue weighted by Crippen LogP contribution is 2.10. The summed E-state index contributed by atoms with van der Waals surface area (Å²) in [6, 6.07) is 12.7. The maximum atomic E-state index is 12.1.